The van der Waals surface area contributed by atoms with Crippen LogP contribution in [-0.4, -0.2) is 16.7 Å². The van der Waals surface area contributed by atoms with Gasteiger partial charge in [0.1, 0.15) is 5.76 Å². The molecule has 0 aliphatic heterocycles. The summed E-state index contributed by atoms with van der Waals surface area (Å²) in [6.45, 7) is 4.06. The van der Waals surface area contributed by atoms with Crippen LogP contribution < -0.4 is 0 Å². The molecule has 0 atom stereocenters. The summed E-state index contributed by atoms with van der Waals surface area (Å²) in [7, 11) is 0. The van der Waals surface area contributed by atoms with Crippen molar-refractivity contribution >= 4 is 17.3 Å². The van der Waals surface area contributed by atoms with Gasteiger partial charge in [0.2, 0.25) is 11.6 Å². The van der Waals surface area contributed by atoms with Crippen molar-refractivity contribution in [3.63, 3.8) is 0 Å². The van der Waals surface area contributed by atoms with Gasteiger partial charge in [0, 0.05) is 16.7 Å². The number of hydrogen-bond donors (Lipinski definition) is 1. The van der Waals surface area contributed by atoms with Crippen LogP contribution in [0.3, 0.4) is 0 Å². The average Bonchev–Trinajstić information content (AvgIpc) is 2.54. The molecule has 3 rings (SSSR count). The van der Waals surface area contributed by atoms with Crippen molar-refractivity contribution in [2.45, 2.75) is 26.7 Å². The molecule has 3 heteroatoms. The maximum Gasteiger partial charge on any atom is 0.234 e. The van der Waals surface area contributed by atoms with E-state index in [-0.39, 0.29) is 16.9 Å². The zero-order chi connectivity index (χ0) is 16.6. The van der Waals surface area contributed by atoms with Crippen molar-refractivity contribution < 1.29 is 14.7 Å². The first-order chi connectivity index (χ1) is 11.0. The molecule has 0 unspecified atom stereocenters. The van der Waals surface area contributed by atoms with E-state index in [1.165, 1.54) is 5.56 Å². The fraction of sp³-hybridized carbons (Fsp3) is 0.200. The minimum atomic E-state index is -0.592. The number of allylic oxidation sites excluding steroid dienone is 1. The lowest BCUT2D eigenvalue weighted by Gasteiger charge is -2.18. The Hall–Kier alpha value is -2.68. The fourth-order valence-electron chi connectivity index (χ4n) is 3.03. The van der Waals surface area contributed by atoms with Crippen molar-refractivity contribution in [3.8, 4) is 0 Å². The number of benzene rings is 2. The molecule has 0 heterocycles. The summed E-state index contributed by atoms with van der Waals surface area (Å²) in [5.74, 6) is -1.19. The smallest absolute Gasteiger partial charge is 0.234 e. The number of aryl methyl sites for hydroxylation is 3. The van der Waals surface area contributed by atoms with Crippen LogP contribution in [0.25, 0.3) is 5.76 Å². The predicted octanol–water partition coefficient (Wildman–Crippen LogP) is 3.97. The van der Waals surface area contributed by atoms with Crippen LogP contribution in [0.15, 0.2) is 48.0 Å². The van der Waals surface area contributed by atoms with Crippen LogP contribution >= 0.6 is 0 Å². The average molecular weight is 306 g/mol. The molecule has 1 aliphatic carbocycles. The van der Waals surface area contributed by atoms with E-state index < -0.39 is 11.6 Å². The summed E-state index contributed by atoms with van der Waals surface area (Å²) in [6.07, 6.45) is 0.974. The summed E-state index contributed by atoms with van der Waals surface area (Å²) in [5.41, 5.74) is 4.41. The number of hydrogen-bond acceptors (Lipinski definition) is 3. The Morgan fingerprint density at radius 3 is 2.26 bits per heavy atom. The molecular weight excluding hydrogens is 288 g/mol. The summed E-state index contributed by atoms with van der Waals surface area (Å²) in [6, 6.07) is 12.8. The highest BCUT2D eigenvalue weighted by Crippen LogP contribution is 2.30. The Balaban J connectivity index is 1.93. The lowest BCUT2D eigenvalue weighted by atomic mass is 9.85. The monoisotopic (exact) mass is 306 g/mol. The number of carbonyl (C=O) groups is 2. The molecule has 0 amide bonds. The third-order valence-electron chi connectivity index (χ3n) is 4.34. The number of ketones is 2. The van der Waals surface area contributed by atoms with E-state index in [0.717, 1.165) is 11.1 Å². The van der Waals surface area contributed by atoms with E-state index in [9.17, 15) is 14.7 Å². The minimum Gasteiger partial charge on any atom is -0.507 e. The Labute approximate surface area is 135 Å². The summed E-state index contributed by atoms with van der Waals surface area (Å²) >= 11 is 0. The van der Waals surface area contributed by atoms with Gasteiger partial charge >= 0.3 is 0 Å². The van der Waals surface area contributed by atoms with Crippen LogP contribution in [-0.2, 0) is 11.2 Å². The van der Waals surface area contributed by atoms with Gasteiger partial charge in [0.15, 0.2) is 0 Å². The second-order valence-electron chi connectivity index (χ2n) is 5.96. The van der Waals surface area contributed by atoms with Crippen molar-refractivity contribution in [2.75, 3.05) is 0 Å². The van der Waals surface area contributed by atoms with E-state index in [0.29, 0.717) is 18.4 Å². The van der Waals surface area contributed by atoms with E-state index >= 15 is 0 Å². The molecule has 0 radical (unpaired) electrons. The van der Waals surface area contributed by atoms with Gasteiger partial charge < -0.3 is 5.11 Å². The van der Waals surface area contributed by atoms with Crippen LogP contribution in [0.4, 0.5) is 0 Å². The first-order valence-electron chi connectivity index (χ1n) is 7.65. The molecule has 0 saturated carbocycles. The maximum absolute atomic E-state index is 12.3. The Kier molecular flexibility index (Phi) is 3.87. The molecule has 0 saturated heterocycles. The van der Waals surface area contributed by atoms with Crippen molar-refractivity contribution in [3.05, 3.63) is 75.9 Å². The normalized spacial score (nSPS) is 14.2. The topological polar surface area (TPSA) is 54.4 Å². The molecule has 1 aliphatic rings. The third kappa shape index (κ3) is 2.70. The van der Waals surface area contributed by atoms with Gasteiger partial charge in [-0.3, -0.25) is 9.59 Å². The number of aliphatic hydroxyl groups excluding tert-OH is 1. The lowest BCUT2D eigenvalue weighted by Crippen LogP contribution is -2.24. The molecule has 0 bridgehead atoms. The SMILES string of the molecule is Cc1ccc(CCC2=C(O)c3ccccc3C(=O)C2=O)c(C)c1. The van der Waals surface area contributed by atoms with Crippen molar-refractivity contribution in [1.82, 2.24) is 0 Å². The highest BCUT2D eigenvalue weighted by atomic mass is 16.3. The van der Waals surface area contributed by atoms with Gasteiger partial charge in [-0.2, -0.15) is 0 Å². The van der Waals surface area contributed by atoms with Crippen LogP contribution in [0, 0.1) is 13.8 Å². The number of fused-ring (bicyclic) bond motifs is 1. The van der Waals surface area contributed by atoms with Gasteiger partial charge in [-0.25, -0.2) is 0 Å². The van der Waals surface area contributed by atoms with Crippen LogP contribution in [0.5, 0.6) is 0 Å². The molecule has 0 aromatic heterocycles. The molecule has 1 N–H and O–H groups in total. The largest absolute Gasteiger partial charge is 0.507 e. The zero-order valence-electron chi connectivity index (χ0n) is 13.2. The Morgan fingerprint density at radius 2 is 1.57 bits per heavy atom. The van der Waals surface area contributed by atoms with E-state index in [1.54, 1.807) is 24.3 Å². The molecule has 0 fully saturated rings. The summed E-state index contributed by atoms with van der Waals surface area (Å²) in [4.78, 5) is 24.5. The number of rotatable bonds is 3. The lowest BCUT2D eigenvalue weighted by molar-refractivity contribution is -0.112. The molecule has 2 aromatic carbocycles. The van der Waals surface area contributed by atoms with E-state index in [2.05, 4.69) is 6.07 Å². The number of Topliss-reactive ketones (excluding diaryl/α,β-unsaturated/α-hetero) is 2. The van der Waals surface area contributed by atoms with E-state index in [4.69, 9.17) is 0 Å². The molecule has 116 valence electrons. The van der Waals surface area contributed by atoms with Gasteiger partial charge in [-0.15, -0.1) is 0 Å². The zero-order valence-corrected chi connectivity index (χ0v) is 13.2. The highest BCUT2D eigenvalue weighted by Gasteiger charge is 2.32. The number of carbonyl (C=O) groups excluding carboxylic acids is 2. The quantitative estimate of drug-likeness (QED) is 0.873. The predicted molar refractivity (Wildman–Crippen MR) is 89.6 cm³/mol. The minimum absolute atomic E-state index is 0.0602. The number of aliphatic hydroxyl groups is 1. The first-order valence-corrected chi connectivity index (χ1v) is 7.65. The van der Waals surface area contributed by atoms with Crippen LogP contribution in [0.1, 0.15) is 39.0 Å². The van der Waals surface area contributed by atoms with Gasteiger partial charge in [-0.1, -0.05) is 48.0 Å². The highest BCUT2D eigenvalue weighted by molar-refractivity contribution is 6.52. The second-order valence-corrected chi connectivity index (χ2v) is 5.96. The Bertz CT molecular complexity index is 844. The van der Waals surface area contributed by atoms with Gasteiger partial charge in [0.25, 0.3) is 0 Å². The second kappa shape index (κ2) is 5.84. The first kappa shape index (κ1) is 15.2. The molecule has 2 aromatic rings. The molecule has 0 spiro atoms. The summed E-state index contributed by atoms with van der Waals surface area (Å²) in [5, 5.41) is 10.4. The third-order valence-corrected chi connectivity index (χ3v) is 4.34. The molecular formula is C20H18O3. The maximum atomic E-state index is 12.3. The van der Waals surface area contributed by atoms with Crippen molar-refractivity contribution in [1.29, 1.82) is 0 Å². The van der Waals surface area contributed by atoms with Gasteiger partial charge in [0.05, 0.1) is 0 Å². The van der Waals surface area contributed by atoms with Crippen molar-refractivity contribution in [2.24, 2.45) is 0 Å². The van der Waals surface area contributed by atoms with E-state index in [1.807, 2.05) is 26.0 Å². The summed E-state index contributed by atoms with van der Waals surface area (Å²) < 4.78 is 0. The standard InChI is InChI=1S/C20H18O3/c1-12-7-8-14(13(2)11-12)9-10-17-18(21)15-5-3-4-6-16(15)19(22)20(17)23/h3-8,11,21H,9-10H2,1-2H3. The van der Waals surface area contributed by atoms with Gasteiger partial charge in [-0.05, 0) is 37.8 Å². The fourth-order valence-corrected chi connectivity index (χ4v) is 3.03. The van der Waals surface area contributed by atoms with Crippen LogP contribution in [0.2, 0.25) is 0 Å². The Morgan fingerprint density at radius 1 is 0.870 bits per heavy atom. The molecule has 3 nitrogen and oxygen atoms in total. The molecule has 23 heavy (non-hydrogen) atoms.